The minimum Gasteiger partial charge on any atom is -0.497 e. The fourth-order valence-electron chi connectivity index (χ4n) is 3.25. The summed E-state index contributed by atoms with van der Waals surface area (Å²) in [4.78, 5) is 17.0. The van der Waals surface area contributed by atoms with Crippen molar-refractivity contribution in [1.29, 1.82) is 0 Å². The summed E-state index contributed by atoms with van der Waals surface area (Å²) in [5.41, 5.74) is 1.63. The molecule has 0 saturated carbocycles. The predicted molar refractivity (Wildman–Crippen MR) is 96.3 cm³/mol. The number of aliphatic hydroxyl groups is 1. The first-order valence-corrected chi connectivity index (χ1v) is 8.46. The Bertz CT molecular complexity index is 720. The third-order valence-electron chi connectivity index (χ3n) is 4.69. The molecule has 1 aliphatic rings. The van der Waals surface area contributed by atoms with Crippen LogP contribution in [0.4, 0.5) is 0 Å². The van der Waals surface area contributed by atoms with Gasteiger partial charge < -0.3 is 19.6 Å². The van der Waals surface area contributed by atoms with E-state index >= 15 is 0 Å². The summed E-state index contributed by atoms with van der Waals surface area (Å²) >= 11 is 0. The van der Waals surface area contributed by atoms with Gasteiger partial charge in [-0.2, -0.15) is 0 Å². The van der Waals surface area contributed by atoms with Gasteiger partial charge in [-0.05, 0) is 30.3 Å². The average molecular weight is 340 g/mol. The van der Waals surface area contributed by atoms with Crippen molar-refractivity contribution in [2.75, 3.05) is 33.8 Å². The van der Waals surface area contributed by atoms with Crippen molar-refractivity contribution in [2.24, 2.45) is 0 Å². The molecule has 1 amide bonds. The Labute approximate surface area is 148 Å². The zero-order valence-corrected chi connectivity index (χ0v) is 14.6. The number of likely N-dealkylation sites (N-methyl/N-ethyl adjacent to an activating group) is 1. The molecule has 0 bridgehead atoms. The number of ether oxygens (including phenoxy) is 1. The topological polar surface area (TPSA) is 53.0 Å². The third-order valence-corrected chi connectivity index (χ3v) is 4.69. The van der Waals surface area contributed by atoms with E-state index < -0.39 is 6.10 Å². The van der Waals surface area contributed by atoms with E-state index in [0.717, 1.165) is 18.7 Å². The standard InChI is InChI=1S/C20H24N2O3/c1-21-11-12-22(18(14-21)15-7-4-3-5-8-15)20(24)19(23)16-9-6-10-17(13-16)25-2/h3-10,13,18-19,23H,11-12,14H2,1-2H3. The molecule has 2 aromatic carbocycles. The Morgan fingerprint density at radius 1 is 1.16 bits per heavy atom. The van der Waals surface area contributed by atoms with Crippen molar-refractivity contribution in [3.63, 3.8) is 0 Å². The van der Waals surface area contributed by atoms with E-state index in [1.807, 2.05) is 30.3 Å². The van der Waals surface area contributed by atoms with Gasteiger partial charge in [0, 0.05) is 19.6 Å². The van der Waals surface area contributed by atoms with Gasteiger partial charge in [0.15, 0.2) is 6.10 Å². The highest BCUT2D eigenvalue weighted by Gasteiger charge is 2.33. The van der Waals surface area contributed by atoms with Crippen molar-refractivity contribution in [3.8, 4) is 5.75 Å². The van der Waals surface area contributed by atoms with Crippen LogP contribution < -0.4 is 4.74 Å². The van der Waals surface area contributed by atoms with Crippen LogP contribution >= 0.6 is 0 Å². The number of benzene rings is 2. The summed E-state index contributed by atoms with van der Waals surface area (Å²) in [7, 11) is 3.62. The fraction of sp³-hybridized carbons (Fsp3) is 0.350. The van der Waals surface area contributed by atoms with Crippen molar-refractivity contribution in [3.05, 3.63) is 65.7 Å². The van der Waals surface area contributed by atoms with Gasteiger partial charge in [0.1, 0.15) is 5.75 Å². The van der Waals surface area contributed by atoms with Crippen molar-refractivity contribution < 1.29 is 14.6 Å². The molecule has 1 heterocycles. The molecule has 2 unspecified atom stereocenters. The first-order chi connectivity index (χ1) is 12.1. The van der Waals surface area contributed by atoms with E-state index in [0.29, 0.717) is 17.9 Å². The lowest BCUT2D eigenvalue weighted by molar-refractivity contribution is -0.145. The highest BCUT2D eigenvalue weighted by molar-refractivity contribution is 5.82. The molecule has 1 N–H and O–H groups in total. The van der Waals surface area contributed by atoms with Gasteiger partial charge in [-0.15, -0.1) is 0 Å². The molecule has 5 heteroatoms. The summed E-state index contributed by atoms with van der Waals surface area (Å²) in [6.45, 7) is 2.14. The van der Waals surface area contributed by atoms with Crippen LogP contribution in [0, 0.1) is 0 Å². The minimum absolute atomic E-state index is 0.0623. The number of carbonyl (C=O) groups excluding carboxylic acids is 1. The van der Waals surface area contributed by atoms with Gasteiger partial charge in [-0.25, -0.2) is 0 Å². The quantitative estimate of drug-likeness (QED) is 0.927. The lowest BCUT2D eigenvalue weighted by Gasteiger charge is -2.41. The summed E-state index contributed by atoms with van der Waals surface area (Å²) in [5.74, 6) is 0.359. The zero-order chi connectivity index (χ0) is 17.8. The zero-order valence-electron chi connectivity index (χ0n) is 14.6. The second kappa shape index (κ2) is 7.68. The van der Waals surface area contributed by atoms with Crippen LogP contribution in [0.25, 0.3) is 0 Å². The SMILES string of the molecule is COc1cccc(C(O)C(=O)N2CCN(C)CC2c2ccccc2)c1. The molecule has 1 fully saturated rings. The fourth-order valence-corrected chi connectivity index (χ4v) is 3.25. The summed E-state index contributed by atoms with van der Waals surface area (Å²) in [5, 5.41) is 10.6. The maximum absolute atomic E-state index is 13.0. The van der Waals surface area contributed by atoms with Crippen LogP contribution in [-0.2, 0) is 4.79 Å². The molecule has 0 aliphatic carbocycles. The van der Waals surface area contributed by atoms with Crippen molar-refractivity contribution in [1.82, 2.24) is 9.80 Å². The first kappa shape index (κ1) is 17.5. The first-order valence-electron chi connectivity index (χ1n) is 8.46. The lowest BCUT2D eigenvalue weighted by atomic mass is 10.00. The third kappa shape index (κ3) is 3.83. The van der Waals surface area contributed by atoms with Crippen LogP contribution in [0.3, 0.4) is 0 Å². The Kier molecular flexibility index (Phi) is 5.36. The van der Waals surface area contributed by atoms with Crippen molar-refractivity contribution in [2.45, 2.75) is 12.1 Å². The Morgan fingerprint density at radius 2 is 1.92 bits per heavy atom. The predicted octanol–water partition coefficient (Wildman–Crippen LogP) is 2.24. The van der Waals surface area contributed by atoms with Gasteiger partial charge in [0.2, 0.25) is 0 Å². The molecule has 5 nitrogen and oxygen atoms in total. The highest BCUT2D eigenvalue weighted by atomic mass is 16.5. The summed E-state index contributed by atoms with van der Waals surface area (Å²) in [6.07, 6.45) is -1.19. The van der Waals surface area contributed by atoms with E-state index in [1.165, 1.54) is 0 Å². The Morgan fingerprint density at radius 3 is 2.64 bits per heavy atom. The van der Waals surface area contributed by atoms with Crippen LogP contribution in [0.2, 0.25) is 0 Å². The maximum Gasteiger partial charge on any atom is 0.256 e. The summed E-state index contributed by atoms with van der Waals surface area (Å²) in [6, 6.07) is 16.9. The molecular formula is C20H24N2O3. The summed E-state index contributed by atoms with van der Waals surface area (Å²) < 4.78 is 5.19. The molecule has 3 rings (SSSR count). The number of hydrogen-bond acceptors (Lipinski definition) is 4. The number of carbonyl (C=O) groups is 1. The number of hydrogen-bond donors (Lipinski definition) is 1. The van der Waals surface area contributed by atoms with Crippen molar-refractivity contribution >= 4 is 5.91 Å². The molecular weight excluding hydrogens is 316 g/mol. The molecule has 0 aromatic heterocycles. The van der Waals surface area contributed by atoms with Crippen LogP contribution in [0.5, 0.6) is 5.75 Å². The highest BCUT2D eigenvalue weighted by Crippen LogP contribution is 2.29. The number of piperazine rings is 1. The largest absolute Gasteiger partial charge is 0.497 e. The molecule has 1 aliphatic heterocycles. The molecule has 0 radical (unpaired) electrons. The number of rotatable bonds is 4. The second-order valence-electron chi connectivity index (χ2n) is 6.40. The van der Waals surface area contributed by atoms with E-state index in [-0.39, 0.29) is 11.9 Å². The molecule has 1 saturated heterocycles. The molecule has 0 spiro atoms. The number of aliphatic hydroxyl groups excluding tert-OH is 1. The number of amides is 1. The normalized spacial score (nSPS) is 19.5. The molecule has 132 valence electrons. The van der Waals surface area contributed by atoms with E-state index in [1.54, 1.807) is 36.3 Å². The van der Waals surface area contributed by atoms with Crippen LogP contribution in [0.1, 0.15) is 23.3 Å². The van der Waals surface area contributed by atoms with Gasteiger partial charge >= 0.3 is 0 Å². The van der Waals surface area contributed by atoms with E-state index in [2.05, 4.69) is 11.9 Å². The van der Waals surface area contributed by atoms with Gasteiger partial charge in [0.05, 0.1) is 13.2 Å². The second-order valence-corrected chi connectivity index (χ2v) is 6.40. The Balaban J connectivity index is 1.85. The van der Waals surface area contributed by atoms with E-state index in [9.17, 15) is 9.90 Å². The number of methoxy groups -OCH3 is 1. The lowest BCUT2D eigenvalue weighted by Crippen LogP contribution is -2.50. The minimum atomic E-state index is -1.19. The van der Waals surface area contributed by atoms with Crippen LogP contribution in [-0.4, -0.2) is 54.6 Å². The Hall–Kier alpha value is -2.37. The smallest absolute Gasteiger partial charge is 0.256 e. The van der Waals surface area contributed by atoms with Gasteiger partial charge in [0.25, 0.3) is 5.91 Å². The van der Waals surface area contributed by atoms with E-state index in [4.69, 9.17) is 4.74 Å². The molecule has 2 atom stereocenters. The van der Waals surface area contributed by atoms with Crippen LogP contribution in [0.15, 0.2) is 54.6 Å². The number of nitrogens with zero attached hydrogens (tertiary/aromatic N) is 2. The molecule has 25 heavy (non-hydrogen) atoms. The monoisotopic (exact) mass is 340 g/mol. The van der Waals surface area contributed by atoms with Gasteiger partial charge in [-0.1, -0.05) is 42.5 Å². The maximum atomic E-state index is 13.0. The molecule has 2 aromatic rings. The van der Waals surface area contributed by atoms with Gasteiger partial charge in [-0.3, -0.25) is 4.79 Å². The average Bonchev–Trinajstić information content (AvgIpc) is 2.67.